The number of dihydropyridines is 1. The molecule has 6 nitrogen and oxygen atoms in total. The molecular weight excluding hydrogens is 438 g/mol. The van der Waals surface area contributed by atoms with Crippen molar-refractivity contribution in [2.45, 2.75) is 77.7 Å². The summed E-state index contributed by atoms with van der Waals surface area (Å²) in [6.45, 7) is 5.78. The Hall–Kier alpha value is -2.41. The van der Waals surface area contributed by atoms with Crippen LogP contribution in [0.25, 0.3) is 0 Å². The van der Waals surface area contributed by atoms with Gasteiger partial charge in [-0.3, -0.25) is 9.59 Å². The summed E-state index contributed by atoms with van der Waals surface area (Å²) in [5.41, 5.74) is 2.50. The second-order valence-electron chi connectivity index (χ2n) is 9.50. The molecule has 33 heavy (non-hydrogen) atoms. The maximum absolute atomic E-state index is 13.7. The van der Waals surface area contributed by atoms with E-state index in [0.29, 0.717) is 17.6 Å². The Balaban J connectivity index is 1.74. The molecule has 4 rings (SSSR count). The zero-order chi connectivity index (χ0) is 23.7. The van der Waals surface area contributed by atoms with Gasteiger partial charge in [-0.05, 0) is 64.0 Å². The first kappa shape index (κ1) is 23.7. The number of carbonyl (C=O) groups excluding carboxylic acids is 3. The molecule has 1 N–H and O–H groups in total. The van der Waals surface area contributed by atoms with Crippen molar-refractivity contribution in [3.63, 3.8) is 0 Å². The van der Waals surface area contributed by atoms with E-state index in [-0.39, 0.29) is 23.8 Å². The number of rotatable bonds is 4. The van der Waals surface area contributed by atoms with Crippen LogP contribution in [0.3, 0.4) is 0 Å². The second-order valence-corrected chi connectivity index (χ2v) is 10.8. The van der Waals surface area contributed by atoms with Crippen LogP contribution in [0.2, 0.25) is 0 Å². The summed E-state index contributed by atoms with van der Waals surface area (Å²) >= 11 is 1.57. The Morgan fingerprint density at radius 3 is 2.39 bits per heavy atom. The van der Waals surface area contributed by atoms with Crippen LogP contribution in [0, 0.1) is 18.8 Å². The Bertz CT molecular complexity index is 1010. The van der Waals surface area contributed by atoms with Gasteiger partial charge >= 0.3 is 11.9 Å². The Labute approximate surface area is 199 Å². The monoisotopic (exact) mass is 471 g/mol. The van der Waals surface area contributed by atoms with Gasteiger partial charge < -0.3 is 14.8 Å². The predicted octanol–water partition coefficient (Wildman–Crippen LogP) is 4.94. The molecule has 178 valence electrons. The number of aryl methyl sites for hydroxylation is 1. The highest BCUT2D eigenvalue weighted by Gasteiger charge is 2.47. The minimum Gasteiger partial charge on any atom is -0.468 e. The first-order valence-corrected chi connectivity index (χ1v) is 12.7. The van der Waals surface area contributed by atoms with E-state index in [1.807, 2.05) is 32.9 Å². The number of thiophene rings is 1. The summed E-state index contributed by atoms with van der Waals surface area (Å²) in [6, 6.07) is 3.98. The smallest absolute Gasteiger partial charge is 0.337 e. The van der Waals surface area contributed by atoms with Gasteiger partial charge in [0.2, 0.25) is 0 Å². The first-order chi connectivity index (χ1) is 15.8. The second kappa shape index (κ2) is 9.84. The molecule has 1 fully saturated rings. The van der Waals surface area contributed by atoms with E-state index in [9.17, 15) is 14.4 Å². The molecule has 1 saturated carbocycles. The summed E-state index contributed by atoms with van der Waals surface area (Å²) in [5, 5.41) is 3.33. The van der Waals surface area contributed by atoms with E-state index in [1.165, 1.54) is 20.0 Å². The molecule has 0 unspecified atom stereocenters. The van der Waals surface area contributed by atoms with E-state index in [2.05, 4.69) is 5.32 Å². The van der Waals surface area contributed by atoms with Crippen LogP contribution < -0.4 is 5.32 Å². The van der Waals surface area contributed by atoms with Gasteiger partial charge in [0.05, 0.1) is 18.6 Å². The van der Waals surface area contributed by atoms with Crippen LogP contribution in [-0.4, -0.2) is 30.9 Å². The summed E-state index contributed by atoms with van der Waals surface area (Å²) in [5.74, 6) is -2.73. The maximum Gasteiger partial charge on any atom is 0.337 e. The molecule has 2 aliphatic carbocycles. The standard InChI is InChI=1S/C26H33NO5S/c1-14-13-18-22(24(28)20(14)25(29)31-4)23(19-12-11-15(2)33-19)21(16(3)27-18)26(30)32-17-9-7-5-6-8-10-17/h11-12,14,17,20,23,27H,5-10,13H2,1-4H3/t14-,20-,23+/m1/s1. The average molecular weight is 472 g/mol. The third kappa shape index (κ3) is 4.65. The fourth-order valence-corrected chi connectivity index (χ4v) is 6.42. The van der Waals surface area contributed by atoms with E-state index in [1.54, 1.807) is 11.3 Å². The fourth-order valence-electron chi connectivity index (χ4n) is 5.42. The number of hydrogen-bond acceptors (Lipinski definition) is 7. The van der Waals surface area contributed by atoms with E-state index in [4.69, 9.17) is 9.47 Å². The van der Waals surface area contributed by atoms with Crippen LogP contribution >= 0.6 is 11.3 Å². The van der Waals surface area contributed by atoms with Crippen molar-refractivity contribution in [3.05, 3.63) is 44.4 Å². The molecule has 1 aromatic rings. The predicted molar refractivity (Wildman–Crippen MR) is 127 cm³/mol. The molecule has 3 aliphatic rings. The topological polar surface area (TPSA) is 81.7 Å². The van der Waals surface area contributed by atoms with Crippen LogP contribution in [-0.2, 0) is 23.9 Å². The third-order valence-corrected chi connectivity index (χ3v) is 8.15. The van der Waals surface area contributed by atoms with Crippen LogP contribution in [0.5, 0.6) is 0 Å². The largest absolute Gasteiger partial charge is 0.468 e. The van der Waals surface area contributed by atoms with E-state index in [0.717, 1.165) is 46.8 Å². The Morgan fingerprint density at radius 2 is 1.79 bits per heavy atom. The van der Waals surface area contributed by atoms with Crippen molar-refractivity contribution in [3.8, 4) is 0 Å². The highest BCUT2D eigenvalue weighted by Crippen LogP contribution is 2.47. The van der Waals surface area contributed by atoms with Gasteiger partial charge in [0.25, 0.3) is 0 Å². The molecule has 0 radical (unpaired) electrons. The molecule has 7 heteroatoms. The van der Waals surface area contributed by atoms with Gasteiger partial charge in [0.15, 0.2) is 5.78 Å². The van der Waals surface area contributed by atoms with Gasteiger partial charge in [-0.15, -0.1) is 11.3 Å². The van der Waals surface area contributed by atoms with Crippen molar-refractivity contribution < 1.29 is 23.9 Å². The van der Waals surface area contributed by atoms with Crippen LogP contribution in [0.15, 0.2) is 34.7 Å². The lowest BCUT2D eigenvalue weighted by atomic mass is 9.70. The number of ether oxygens (including phenoxy) is 2. The number of carbonyl (C=O) groups is 3. The van der Waals surface area contributed by atoms with E-state index < -0.39 is 17.8 Å². The lowest BCUT2D eigenvalue weighted by Gasteiger charge is -2.38. The molecule has 0 spiro atoms. The molecule has 2 heterocycles. The maximum atomic E-state index is 13.7. The summed E-state index contributed by atoms with van der Waals surface area (Å²) in [7, 11) is 1.31. The summed E-state index contributed by atoms with van der Waals surface area (Å²) in [4.78, 5) is 41.8. The number of hydrogen-bond donors (Lipinski definition) is 1. The average Bonchev–Trinajstić information content (AvgIpc) is 3.03. The zero-order valence-corrected chi connectivity index (χ0v) is 20.7. The molecule has 0 bridgehead atoms. The normalized spacial score (nSPS) is 26.4. The number of ketones is 1. The number of nitrogens with one attached hydrogen (secondary N) is 1. The molecule has 3 atom stereocenters. The van der Waals surface area contributed by atoms with E-state index >= 15 is 0 Å². The van der Waals surface area contributed by atoms with Crippen molar-refractivity contribution >= 4 is 29.1 Å². The quantitative estimate of drug-likeness (QED) is 0.381. The lowest BCUT2D eigenvalue weighted by molar-refractivity contribution is -0.151. The minimum absolute atomic E-state index is 0.0914. The molecule has 1 aromatic heterocycles. The van der Waals surface area contributed by atoms with Gasteiger partial charge in [-0.25, -0.2) is 4.79 Å². The fraction of sp³-hybridized carbons (Fsp3) is 0.577. The summed E-state index contributed by atoms with van der Waals surface area (Å²) in [6.07, 6.45) is 6.68. The summed E-state index contributed by atoms with van der Waals surface area (Å²) < 4.78 is 11.0. The van der Waals surface area contributed by atoms with Crippen molar-refractivity contribution in [1.29, 1.82) is 0 Å². The van der Waals surface area contributed by atoms with Crippen LogP contribution in [0.4, 0.5) is 0 Å². The molecule has 0 saturated heterocycles. The van der Waals surface area contributed by atoms with Crippen LogP contribution in [0.1, 0.15) is 74.5 Å². The van der Waals surface area contributed by atoms with Gasteiger partial charge in [-0.2, -0.15) is 0 Å². The highest BCUT2D eigenvalue weighted by atomic mass is 32.1. The molecule has 0 aromatic carbocycles. The van der Waals surface area contributed by atoms with Crippen molar-refractivity contribution in [2.75, 3.05) is 7.11 Å². The highest BCUT2D eigenvalue weighted by molar-refractivity contribution is 7.12. The lowest BCUT2D eigenvalue weighted by Crippen LogP contribution is -2.43. The molecule has 0 amide bonds. The van der Waals surface area contributed by atoms with Crippen molar-refractivity contribution in [2.24, 2.45) is 11.8 Å². The number of esters is 2. The Morgan fingerprint density at radius 1 is 1.09 bits per heavy atom. The molecular formula is C26H33NO5S. The minimum atomic E-state index is -0.864. The van der Waals surface area contributed by atoms with Gasteiger partial charge in [0, 0.05) is 26.7 Å². The number of methoxy groups -OCH3 is 1. The van der Waals surface area contributed by atoms with Crippen molar-refractivity contribution in [1.82, 2.24) is 5.32 Å². The molecule has 1 aliphatic heterocycles. The third-order valence-electron chi connectivity index (χ3n) is 7.08. The Kier molecular flexibility index (Phi) is 7.07. The first-order valence-electron chi connectivity index (χ1n) is 11.9. The van der Waals surface area contributed by atoms with Gasteiger partial charge in [0.1, 0.15) is 12.0 Å². The van der Waals surface area contributed by atoms with Gasteiger partial charge in [-0.1, -0.05) is 19.8 Å². The SMILES string of the molecule is COC(=O)[C@H]1C(=O)C2=C(C[C@H]1C)NC(C)=C(C(=O)OC1CCCCCC1)[C@@H]2c1ccc(C)s1. The number of allylic oxidation sites excluding steroid dienone is 3. The number of Topliss-reactive ketones (excluding diaryl/α,β-unsaturated/α-hetero) is 1. The zero-order valence-electron chi connectivity index (χ0n) is 19.9.